The Bertz CT molecular complexity index is 440. The van der Waals surface area contributed by atoms with Gasteiger partial charge in [-0.1, -0.05) is 12.1 Å². The van der Waals surface area contributed by atoms with Gasteiger partial charge in [0.25, 0.3) is 10.2 Å². The van der Waals surface area contributed by atoms with Crippen LogP contribution in [-0.4, -0.2) is 21.5 Å². The Balaban J connectivity index is 2.69. The van der Waals surface area contributed by atoms with Gasteiger partial charge in [-0.15, -0.1) is 0 Å². The van der Waals surface area contributed by atoms with Gasteiger partial charge in [0.2, 0.25) is 0 Å². The summed E-state index contributed by atoms with van der Waals surface area (Å²) in [4.78, 5) is 0. The van der Waals surface area contributed by atoms with Crippen LogP contribution in [-0.2, 0) is 16.8 Å². The Kier molecular flexibility index (Phi) is 4.92. The molecular formula is C11H19N3O2S. The fourth-order valence-electron chi connectivity index (χ4n) is 1.39. The smallest absolute Gasteiger partial charge is 0.299 e. The molecule has 0 heterocycles. The SMILES string of the molecule is CNCc1ccc(NS(=O)(=O)NC(C)C)cc1. The first kappa shape index (κ1) is 14.0. The normalized spacial score (nSPS) is 11.8. The number of anilines is 1. The number of rotatable bonds is 6. The molecular weight excluding hydrogens is 238 g/mol. The Morgan fingerprint density at radius 2 is 1.76 bits per heavy atom. The molecule has 0 atom stereocenters. The summed E-state index contributed by atoms with van der Waals surface area (Å²) in [6.45, 7) is 4.31. The first-order valence-electron chi connectivity index (χ1n) is 5.46. The molecule has 1 aromatic rings. The van der Waals surface area contributed by atoms with Gasteiger partial charge in [-0.05, 0) is 38.6 Å². The second-order valence-electron chi connectivity index (χ2n) is 4.11. The molecule has 0 spiro atoms. The molecule has 3 N–H and O–H groups in total. The minimum atomic E-state index is -3.47. The molecule has 0 saturated heterocycles. The van der Waals surface area contributed by atoms with E-state index in [-0.39, 0.29) is 6.04 Å². The number of hydrogen-bond acceptors (Lipinski definition) is 3. The summed E-state index contributed by atoms with van der Waals surface area (Å²) in [5.74, 6) is 0. The van der Waals surface area contributed by atoms with Crippen molar-refractivity contribution in [2.24, 2.45) is 0 Å². The number of benzene rings is 1. The molecule has 0 aliphatic carbocycles. The van der Waals surface area contributed by atoms with Gasteiger partial charge in [0.05, 0.1) is 0 Å². The first-order valence-corrected chi connectivity index (χ1v) is 6.95. The van der Waals surface area contributed by atoms with Crippen molar-refractivity contribution >= 4 is 15.9 Å². The van der Waals surface area contributed by atoms with Crippen LogP contribution in [0.2, 0.25) is 0 Å². The Hall–Kier alpha value is -1.11. The van der Waals surface area contributed by atoms with Crippen molar-refractivity contribution in [3.05, 3.63) is 29.8 Å². The quantitative estimate of drug-likeness (QED) is 0.713. The van der Waals surface area contributed by atoms with E-state index in [1.807, 2.05) is 19.2 Å². The maximum absolute atomic E-state index is 11.6. The lowest BCUT2D eigenvalue weighted by molar-refractivity contribution is 0.575. The maximum Gasteiger partial charge on any atom is 0.299 e. The Morgan fingerprint density at radius 3 is 2.24 bits per heavy atom. The third kappa shape index (κ3) is 5.16. The zero-order valence-corrected chi connectivity index (χ0v) is 11.1. The third-order valence-electron chi connectivity index (χ3n) is 1.98. The monoisotopic (exact) mass is 257 g/mol. The Labute approximate surface area is 103 Å². The molecule has 1 rings (SSSR count). The van der Waals surface area contributed by atoms with Crippen LogP contribution in [0.1, 0.15) is 19.4 Å². The highest BCUT2D eigenvalue weighted by Gasteiger charge is 2.10. The summed E-state index contributed by atoms with van der Waals surface area (Å²) in [6, 6.07) is 7.11. The van der Waals surface area contributed by atoms with Gasteiger partial charge in [-0.2, -0.15) is 13.1 Å². The van der Waals surface area contributed by atoms with E-state index in [0.717, 1.165) is 12.1 Å². The van der Waals surface area contributed by atoms with Crippen LogP contribution in [0.5, 0.6) is 0 Å². The fraction of sp³-hybridized carbons (Fsp3) is 0.455. The molecule has 0 amide bonds. The topological polar surface area (TPSA) is 70.2 Å². The Morgan fingerprint density at radius 1 is 1.18 bits per heavy atom. The standard InChI is InChI=1S/C11H19N3O2S/c1-9(2)13-17(15,16)14-11-6-4-10(5-7-11)8-12-3/h4-7,9,12-14H,8H2,1-3H3. The van der Waals surface area contributed by atoms with Gasteiger partial charge in [-0.25, -0.2) is 0 Å². The molecule has 0 bridgehead atoms. The van der Waals surface area contributed by atoms with Crippen molar-refractivity contribution in [2.75, 3.05) is 11.8 Å². The lowest BCUT2D eigenvalue weighted by Crippen LogP contribution is -2.35. The van der Waals surface area contributed by atoms with Crippen LogP contribution in [0.25, 0.3) is 0 Å². The van der Waals surface area contributed by atoms with Crippen molar-refractivity contribution in [1.82, 2.24) is 10.0 Å². The summed E-state index contributed by atoms with van der Waals surface area (Å²) >= 11 is 0. The zero-order chi connectivity index (χ0) is 12.9. The molecule has 6 heteroatoms. The highest BCUT2D eigenvalue weighted by Crippen LogP contribution is 2.10. The third-order valence-corrected chi connectivity index (χ3v) is 3.26. The molecule has 0 aliphatic heterocycles. The number of nitrogens with one attached hydrogen (secondary N) is 3. The summed E-state index contributed by atoms with van der Waals surface area (Å²) < 4.78 is 28.1. The van der Waals surface area contributed by atoms with Crippen LogP contribution < -0.4 is 14.8 Å². The van der Waals surface area contributed by atoms with Gasteiger partial charge in [0.1, 0.15) is 0 Å². The summed E-state index contributed by atoms with van der Waals surface area (Å²) in [7, 11) is -1.61. The summed E-state index contributed by atoms with van der Waals surface area (Å²) in [5.41, 5.74) is 1.66. The molecule has 0 radical (unpaired) electrons. The second kappa shape index (κ2) is 6.00. The van der Waals surface area contributed by atoms with E-state index < -0.39 is 10.2 Å². The second-order valence-corrected chi connectivity index (χ2v) is 5.55. The molecule has 5 nitrogen and oxygen atoms in total. The van der Waals surface area contributed by atoms with Crippen molar-refractivity contribution < 1.29 is 8.42 Å². The zero-order valence-electron chi connectivity index (χ0n) is 10.3. The average Bonchev–Trinajstić information content (AvgIpc) is 2.18. The van der Waals surface area contributed by atoms with Crippen LogP contribution in [0, 0.1) is 0 Å². The molecule has 0 unspecified atom stereocenters. The fourth-order valence-corrected chi connectivity index (χ4v) is 2.52. The molecule has 17 heavy (non-hydrogen) atoms. The molecule has 0 saturated carbocycles. The van der Waals surface area contributed by atoms with E-state index in [2.05, 4.69) is 14.8 Å². The molecule has 0 aromatic heterocycles. The predicted molar refractivity (Wildman–Crippen MR) is 70.0 cm³/mol. The highest BCUT2D eigenvalue weighted by atomic mass is 32.2. The molecule has 0 fully saturated rings. The van der Waals surface area contributed by atoms with Crippen molar-refractivity contribution in [3.8, 4) is 0 Å². The average molecular weight is 257 g/mol. The van der Waals surface area contributed by atoms with E-state index in [1.54, 1.807) is 26.0 Å². The van der Waals surface area contributed by atoms with Gasteiger partial charge in [0.15, 0.2) is 0 Å². The summed E-state index contributed by atoms with van der Waals surface area (Å²) in [6.07, 6.45) is 0. The molecule has 0 aliphatic rings. The number of hydrogen-bond donors (Lipinski definition) is 3. The molecule has 96 valence electrons. The highest BCUT2D eigenvalue weighted by molar-refractivity contribution is 7.90. The van der Waals surface area contributed by atoms with Crippen LogP contribution >= 0.6 is 0 Å². The van der Waals surface area contributed by atoms with Crippen LogP contribution in [0.15, 0.2) is 24.3 Å². The maximum atomic E-state index is 11.6. The molecule has 1 aromatic carbocycles. The van der Waals surface area contributed by atoms with Crippen molar-refractivity contribution in [2.45, 2.75) is 26.4 Å². The lowest BCUT2D eigenvalue weighted by atomic mass is 10.2. The van der Waals surface area contributed by atoms with Crippen molar-refractivity contribution in [3.63, 3.8) is 0 Å². The van der Waals surface area contributed by atoms with Crippen LogP contribution in [0.4, 0.5) is 5.69 Å². The van der Waals surface area contributed by atoms with Gasteiger partial charge in [0, 0.05) is 18.3 Å². The van der Waals surface area contributed by atoms with Gasteiger partial charge in [-0.3, -0.25) is 4.72 Å². The van der Waals surface area contributed by atoms with Gasteiger partial charge < -0.3 is 5.32 Å². The first-order chi connectivity index (χ1) is 7.93. The van der Waals surface area contributed by atoms with Gasteiger partial charge >= 0.3 is 0 Å². The van der Waals surface area contributed by atoms with E-state index in [0.29, 0.717) is 5.69 Å². The summed E-state index contributed by atoms with van der Waals surface area (Å²) in [5, 5.41) is 3.03. The van der Waals surface area contributed by atoms with E-state index >= 15 is 0 Å². The minimum absolute atomic E-state index is 0.129. The predicted octanol–water partition coefficient (Wildman–Crippen LogP) is 1.06. The van der Waals surface area contributed by atoms with Crippen LogP contribution in [0.3, 0.4) is 0 Å². The van der Waals surface area contributed by atoms with Crippen molar-refractivity contribution in [1.29, 1.82) is 0 Å². The van der Waals surface area contributed by atoms with E-state index in [1.165, 1.54) is 0 Å². The van der Waals surface area contributed by atoms with E-state index in [9.17, 15) is 8.42 Å². The largest absolute Gasteiger partial charge is 0.316 e. The lowest BCUT2D eigenvalue weighted by Gasteiger charge is -2.11. The minimum Gasteiger partial charge on any atom is -0.316 e. The van der Waals surface area contributed by atoms with E-state index in [4.69, 9.17) is 0 Å².